The Balaban J connectivity index is 2.99. The van der Waals surface area contributed by atoms with Crippen molar-refractivity contribution in [3.05, 3.63) is 0 Å². The molecule has 1 fully saturated rings. The second kappa shape index (κ2) is 4.81. The molecule has 1 heterocycles. The quantitative estimate of drug-likeness (QED) is 0.281. The number of halogens is 6. The Morgan fingerprint density at radius 1 is 0.667 bits per heavy atom. The molecule has 0 spiro atoms. The SMILES string of the molecule is Br[Si]1(Br)[Si][Si][Si][Si](Br)(Br)[Si]1(Br)Br. The Labute approximate surface area is 128 Å². The smallest absolute Gasteiger partial charge is 0.117 e. The maximum Gasteiger partial charge on any atom is 0.223 e. The van der Waals surface area contributed by atoms with Crippen LogP contribution < -0.4 is 0 Å². The Bertz CT molecular complexity index is 166. The highest BCUT2D eigenvalue weighted by Crippen LogP contribution is 2.50. The standard InChI is InChI=1S/Br6Si6/c1-10(2)8-7-9-11(3,4)12(10,5)6. The van der Waals surface area contributed by atoms with Crippen molar-refractivity contribution in [1.29, 1.82) is 0 Å². The molecule has 0 nitrogen and oxygen atoms in total. The van der Waals surface area contributed by atoms with E-state index >= 15 is 0 Å². The minimum Gasteiger partial charge on any atom is -0.117 e. The molecule has 0 aromatic rings. The maximum atomic E-state index is 3.95. The van der Waals surface area contributed by atoms with Gasteiger partial charge in [-0.3, -0.25) is 0 Å². The van der Waals surface area contributed by atoms with Gasteiger partial charge in [0.05, 0.1) is 0 Å². The van der Waals surface area contributed by atoms with E-state index in [2.05, 4.69) is 91.8 Å². The van der Waals surface area contributed by atoms with E-state index in [4.69, 9.17) is 0 Å². The monoisotopic (exact) mass is 641 g/mol. The van der Waals surface area contributed by atoms with E-state index in [-0.39, 0.29) is 0 Å². The van der Waals surface area contributed by atoms with Crippen molar-refractivity contribution >= 4 is 130 Å². The van der Waals surface area contributed by atoms with Crippen molar-refractivity contribution in [2.75, 3.05) is 0 Å². The third-order valence-corrected chi connectivity index (χ3v) is 179. The molecule has 0 amide bonds. The summed E-state index contributed by atoms with van der Waals surface area (Å²) in [6, 6.07) is 0. The third-order valence-electron chi connectivity index (χ3n) is 1.23. The number of hydrogen-bond acceptors (Lipinski definition) is 0. The minimum atomic E-state index is -1.44. The minimum absolute atomic E-state index is 1.10. The van der Waals surface area contributed by atoms with Crippen molar-refractivity contribution in [2.45, 2.75) is 0 Å². The highest BCUT2D eigenvalue weighted by molar-refractivity contribution is 9.76. The van der Waals surface area contributed by atoms with Gasteiger partial charge in [0, 0.05) is 25.7 Å². The van der Waals surface area contributed by atoms with Gasteiger partial charge in [-0.05, 0) is 0 Å². The fourth-order valence-corrected chi connectivity index (χ4v) is 217. The van der Waals surface area contributed by atoms with Crippen LogP contribution in [0.1, 0.15) is 0 Å². The zero-order valence-corrected chi connectivity index (χ0v) is 20.8. The molecule has 6 radical (unpaired) electrons. The van der Waals surface area contributed by atoms with Crippen LogP contribution in [-0.2, 0) is 0 Å². The van der Waals surface area contributed by atoms with Crippen LogP contribution >= 0.6 is 91.8 Å². The summed E-state index contributed by atoms with van der Waals surface area (Å²) in [6.45, 7) is 0. The van der Waals surface area contributed by atoms with E-state index in [9.17, 15) is 0 Å². The Hall–Kier alpha value is 4.18. The molecule has 0 saturated carbocycles. The van der Waals surface area contributed by atoms with Crippen LogP contribution in [-0.4, -0.2) is 38.7 Å². The number of rotatable bonds is 0. The fraction of sp³-hybridized carbons (Fsp3) is 0. The molecule has 12 heteroatoms. The Kier molecular flexibility index (Phi) is 5.71. The molecular formula is Br6Si6. The summed E-state index contributed by atoms with van der Waals surface area (Å²) in [4.78, 5) is 0. The van der Waals surface area contributed by atoms with E-state index < -0.39 is 13.0 Å². The van der Waals surface area contributed by atoms with E-state index in [0.29, 0.717) is 0 Å². The van der Waals surface area contributed by atoms with Crippen molar-refractivity contribution < 1.29 is 0 Å². The zero-order chi connectivity index (χ0) is 9.62. The van der Waals surface area contributed by atoms with Crippen LogP contribution in [0.2, 0.25) is 0 Å². The fourth-order valence-electron chi connectivity index (χ4n) is 0.542. The first-order valence-corrected chi connectivity index (χ1v) is 31.2. The molecule has 0 aromatic carbocycles. The summed E-state index contributed by atoms with van der Waals surface area (Å²) in [5, 5.41) is 0. The molecule has 0 N–H and O–H groups in total. The van der Waals surface area contributed by atoms with E-state index in [1.807, 2.05) is 0 Å². The molecule has 0 unspecified atom stereocenters. The second-order valence-electron chi connectivity index (χ2n) is 2.10. The summed E-state index contributed by atoms with van der Waals surface area (Å²) in [6.07, 6.45) is 0. The highest BCUT2D eigenvalue weighted by Gasteiger charge is 2.65. The van der Waals surface area contributed by atoms with Crippen LogP contribution in [0.15, 0.2) is 0 Å². The van der Waals surface area contributed by atoms with Crippen LogP contribution in [0, 0.1) is 0 Å². The zero-order valence-electron chi connectivity index (χ0n) is 5.27. The van der Waals surface area contributed by atoms with Crippen LogP contribution in [0.25, 0.3) is 0 Å². The Morgan fingerprint density at radius 3 is 1.25 bits per heavy atom. The summed E-state index contributed by atoms with van der Waals surface area (Å²) < 4.78 is -4.13. The third kappa shape index (κ3) is 2.70. The average molecular weight is 648 g/mol. The van der Waals surface area contributed by atoms with Gasteiger partial charge in [0.25, 0.3) is 0 Å². The maximum absolute atomic E-state index is 3.95. The van der Waals surface area contributed by atoms with Crippen molar-refractivity contribution in [3.63, 3.8) is 0 Å². The molecule has 1 saturated heterocycles. The van der Waals surface area contributed by atoms with E-state index in [1.54, 1.807) is 0 Å². The molecule has 0 aliphatic carbocycles. The van der Waals surface area contributed by atoms with Crippen molar-refractivity contribution in [1.82, 2.24) is 0 Å². The molecule has 12 heavy (non-hydrogen) atoms. The largest absolute Gasteiger partial charge is 0.223 e. The summed E-state index contributed by atoms with van der Waals surface area (Å²) >= 11 is 23.5. The lowest BCUT2D eigenvalue weighted by atomic mass is 26.1. The normalized spacial score (nSPS) is 31.5. The first-order valence-electron chi connectivity index (χ1n) is 2.63. The first kappa shape index (κ1) is 14.2. The Morgan fingerprint density at radius 2 is 1.00 bits per heavy atom. The van der Waals surface area contributed by atoms with Crippen LogP contribution in [0.3, 0.4) is 0 Å². The van der Waals surface area contributed by atoms with Gasteiger partial charge in [-0.1, -0.05) is 0 Å². The molecular weight excluding hydrogens is 648 g/mol. The van der Waals surface area contributed by atoms with Gasteiger partial charge in [-0.15, -0.1) is 91.8 Å². The van der Waals surface area contributed by atoms with E-state index in [1.165, 1.54) is 0 Å². The lowest BCUT2D eigenvalue weighted by molar-refractivity contribution is 3.54. The molecule has 66 valence electrons. The molecule has 0 bridgehead atoms. The van der Waals surface area contributed by atoms with Gasteiger partial charge in [0.1, 0.15) is 0 Å². The highest BCUT2D eigenvalue weighted by atomic mass is 79.9. The van der Waals surface area contributed by atoms with Crippen LogP contribution in [0.5, 0.6) is 0 Å². The van der Waals surface area contributed by atoms with Gasteiger partial charge >= 0.3 is 0 Å². The van der Waals surface area contributed by atoms with Gasteiger partial charge in [0.15, 0.2) is 8.70 Å². The van der Waals surface area contributed by atoms with Gasteiger partial charge < -0.3 is 0 Å². The van der Waals surface area contributed by atoms with Crippen LogP contribution in [0.4, 0.5) is 0 Å². The second-order valence-corrected chi connectivity index (χ2v) is 90.6. The van der Waals surface area contributed by atoms with Gasteiger partial charge in [0.2, 0.25) is 4.35 Å². The predicted molar refractivity (Wildman–Crippen MR) is 88.1 cm³/mol. The molecule has 0 atom stereocenters. The first-order chi connectivity index (χ1) is 5.21. The van der Waals surface area contributed by atoms with Gasteiger partial charge in [-0.25, -0.2) is 0 Å². The van der Waals surface area contributed by atoms with Gasteiger partial charge in [-0.2, -0.15) is 0 Å². The summed E-state index contributed by atoms with van der Waals surface area (Å²) in [5.74, 6) is 0. The topological polar surface area (TPSA) is 0 Å². The molecule has 1 aliphatic rings. The summed E-state index contributed by atoms with van der Waals surface area (Å²) in [5.41, 5.74) is 0. The molecule has 0 aromatic heterocycles. The predicted octanol–water partition coefficient (Wildman–Crippen LogP) is 2.79. The number of hydrogen-bond donors (Lipinski definition) is 0. The average Bonchev–Trinajstić information content (AvgIpc) is 1.83. The molecule has 1 rings (SSSR count). The molecule has 1 aliphatic heterocycles. The lowest BCUT2D eigenvalue weighted by Crippen LogP contribution is -2.73. The lowest BCUT2D eigenvalue weighted by Gasteiger charge is -2.42. The van der Waals surface area contributed by atoms with Crippen molar-refractivity contribution in [2.24, 2.45) is 0 Å². The van der Waals surface area contributed by atoms with E-state index in [0.717, 1.165) is 25.7 Å². The van der Waals surface area contributed by atoms with Crippen molar-refractivity contribution in [3.8, 4) is 0 Å². The summed E-state index contributed by atoms with van der Waals surface area (Å²) in [7, 11) is 3.34.